The van der Waals surface area contributed by atoms with Gasteiger partial charge in [0.15, 0.2) is 0 Å². The zero-order chi connectivity index (χ0) is 11.6. The summed E-state index contributed by atoms with van der Waals surface area (Å²) in [6.45, 7) is 2.14. The molecule has 90 valence electrons. The molecule has 1 saturated heterocycles. The summed E-state index contributed by atoms with van der Waals surface area (Å²) >= 11 is 1.17. The minimum absolute atomic E-state index is 0.384. The minimum Gasteiger partial charge on any atom is -0.314 e. The largest absolute Gasteiger partial charge is 0.408 e. The minimum atomic E-state index is -4.19. The number of nitrogens with zero attached hydrogens (tertiary/aromatic N) is 1. The van der Waals surface area contributed by atoms with Crippen molar-refractivity contribution < 1.29 is 13.2 Å². The fourth-order valence-electron chi connectivity index (χ4n) is 1.94. The maximum Gasteiger partial charge on any atom is 0.408 e. The van der Waals surface area contributed by atoms with Crippen molar-refractivity contribution in [3.63, 3.8) is 0 Å². The van der Waals surface area contributed by atoms with Crippen LogP contribution in [-0.2, 0) is 0 Å². The van der Waals surface area contributed by atoms with Crippen molar-refractivity contribution >= 4 is 11.3 Å². The monoisotopic (exact) mass is 250 g/mol. The van der Waals surface area contributed by atoms with E-state index in [2.05, 4.69) is 5.32 Å². The average Bonchev–Trinajstić information content (AvgIpc) is 2.71. The average molecular weight is 250 g/mol. The highest BCUT2D eigenvalue weighted by molar-refractivity contribution is 7.10. The van der Waals surface area contributed by atoms with Crippen LogP contribution in [0, 0.1) is 0 Å². The van der Waals surface area contributed by atoms with Crippen LogP contribution in [0.15, 0.2) is 17.5 Å². The summed E-state index contributed by atoms with van der Waals surface area (Å²) < 4.78 is 39.0. The van der Waals surface area contributed by atoms with Crippen LogP contribution in [0.1, 0.15) is 10.9 Å². The van der Waals surface area contributed by atoms with E-state index in [-0.39, 0.29) is 0 Å². The van der Waals surface area contributed by atoms with E-state index in [1.807, 2.05) is 0 Å². The second kappa shape index (κ2) is 4.73. The summed E-state index contributed by atoms with van der Waals surface area (Å²) in [5.74, 6) is 0. The molecule has 2 rings (SSSR count). The lowest BCUT2D eigenvalue weighted by molar-refractivity contribution is -0.186. The molecule has 0 bridgehead atoms. The Hall–Kier alpha value is -0.590. The molecule has 0 unspecified atom stereocenters. The van der Waals surface area contributed by atoms with Crippen LogP contribution in [0.25, 0.3) is 0 Å². The lowest BCUT2D eigenvalue weighted by Crippen LogP contribution is -2.48. The summed E-state index contributed by atoms with van der Waals surface area (Å²) in [6, 6.07) is 1.79. The fraction of sp³-hybridized carbons (Fsp3) is 0.600. The highest BCUT2D eigenvalue weighted by Crippen LogP contribution is 2.39. The van der Waals surface area contributed by atoms with E-state index in [4.69, 9.17) is 0 Å². The van der Waals surface area contributed by atoms with Crippen molar-refractivity contribution in [3.05, 3.63) is 22.4 Å². The van der Waals surface area contributed by atoms with Crippen molar-refractivity contribution in [2.75, 3.05) is 26.2 Å². The second-order valence-corrected chi connectivity index (χ2v) is 4.72. The van der Waals surface area contributed by atoms with E-state index >= 15 is 0 Å². The van der Waals surface area contributed by atoms with Crippen molar-refractivity contribution in [2.24, 2.45) is 0 Å². The van der Waals surface area contributed by atoms with Gasteiger partial charge in [0, 0.05) is 31.1 Å². The molecule has 0 aromatic carbocycles. The topological polar surface area (TPSA) is 15.3 Å². The van der Waals surface area contributed by atoms with Crippen LogP contribution in [0.2, 0.25) is 0 Å². The first-order chi connectivity index (χ1) is 7.59. The third-order valence-corrected chi connectivity index (χ3v) is 3.56. The van der Waals surface area contributed by atoms with Crippen molar-refractivity contribution in [1.82, 2.24) is 10.2 Å². The lowest BCUT2D eigenvalue weighted by Gasteiger charge is -2.35. The van der Waals surface area contributed by atoms with Crippen molar-refractivity contribution in [3.8, 4) is 0 Å². The summed E-state index contributed by atoms with van der Waals surface area (Å²) in [5.41, 5.74) is 0. The fourth-order valence-corrected chi connectivity index (χ4v) is 2.82. The maximum atomic E-state index is 13.0. The number of alkyl halides is 3. The van der Waals surface area contributed by atoms with Gasteiger partial charge in [-0.2, -0.15) is 13.2 Å². The van der Waals surface area contributed by atoms with E-state index < -0.39 is 12.2 Å². The Morgan fingerprint density at radius 2 is 2.00 bits per heavy atom. The number of rotatable bonds is 2. The Morgan fingerprint density at radius 1 is 1.31 bits per heavy atom. The molecule has 16 heavy (non-hydrogen) atoms. The molecule has 2 nitrogen and oxygen atoms in total. The number of hydrogen-bond acceptors (Lipinski definition) is 3. The van der Waals surface area contributed by atoms with Gasteiger partial charge in [-0.3, -0.25) is 4.90 Å². The van der Waals surface area contributed by atoms with Gasteiger partial charge in [-0.1, -0.05) is 6.07 Å². The first-order valence-electron chi connectivity index (χ1n) is 5.14. The molecule has 0 spiro atoms. The smallest absolute Gasteiger partial charge is 0.314 e. The molecule has 0 radical (unpaired) electrons. The summed E-state index contributed by atoms with van der Waals surface area (Å²) in [4.78, 5) is 1.89. The Labute approximate surface area is 96.1 Å². The molecular formula is C10H13F3N2S. The number of hydrogen-bond donors (Lipinski definition) is 1. The molecule has 0 amide bonds. The third-order valence-electron chi connectivity index (χ3n) is 2.64. The predicted molar refractivity (Wildman–Crippen MR) is 57.6 cm³/mol. The van der Waals surface area contributed by atoms with Crippen LogP contribution in [0.3, 0.4) is 0 Å². The maximum absolute atomic E-state index is 13.0. The van der Waals surface area contributed by atoms with Gasteiger partial charge >= 0.3 is 6.18 Å². The van der Waals surface area contributed by atoms with E-state index in [0.717, 1.165) is 0 Å². The number of nitrogens with one attached hydrogen (secondary N) is 1. The Balaban J connectivity index is 2.21. The van der Waals surface area contributed by atoms with Crippen LogP contribution in [-0.4, -0.2) is 37.3 Å². The van der Waals surface area contributed by atoms with E-state index in [0.29, 0.717) is 31.1 Å². The highest BCUT2D eigenvalue weighted by atomic mass is 32.1. The van der Waals surface area contributed by atoms with Crippen LogP contribution >= 0.6 is 11.3 Å². The predicted octanol–water partition coefficient (Wildman–Crippen LogP) is 2.26. The van der Waals surface area contributed by atoms with Crippen LogP contribution in [0.5, 0.6) is 0 Å². The zero-order valence-corrected chi connectivity index (χ0v) is 9.44. The van der Waals surface area contributed by atoms with Gasteiger partial charge in [0.25, 0.3) is 0 Å². The van der Waals surface area contributed by atoms with E-state index in [1.54, 1.807) is 17.5 Å². The van der Waals surface area contributed by atoms with E-state index in [9.17, 15) is 13.2 Å². The lowest BCUT2D eigenvalue weighted by atomic mass is 10.1. The molecule has 0 aliphatic carbocycles. The van der Waals surface area contributed by atoms with Crippen molar-refractivity contribution in [2.45, 2.75) is 12.2 Å². The van der Waals surface area contributed by atoms with Gasteiger partial charge in [0.05, 0.1) is 0 Å². The molecule has 6 heteroatoms. The first-order valence-corrected chi connectivity index (χ1v) is 6.02. The van der Waals surface area contributed by atoms with E-state index in [1.165, 1.54) is 16.2 Å². The SMILES string of the molecule is FC(F)(F)[C@@H](c1cccs1)N1CCNCC1. The Morgan fingerprint density at radius 3 is 2.50 bits per heavy atom. The molecule has 1 aromatic heterocycles. The van der Waals surface area contributed by atoms with Gasteiger partial charge in [-0.05, 0) is 11.4 Å². The zero-order valence-electron chi connectivity index (χ0n) is 8.63. The number of halogens is 3. The van der Waals surface area contributed by atoms with Gasteiger partial charge in [-0.25, -0.2) is 0 Å². The normalized spacial score (nSPS) is 20.9. The molecule has 2 heterocycles. The van der Waals surface area contributed by atoms with Crippen molar-refractivity contribution in [1.29, 1.82) is 0 Å². The third kappa shape index (κ3) is 2.56. The Kier molecular flexibility index (Phi) is 3.51. The molecular weight excluding hydrogens is 237 g/mol. The molecule has 1 aliphatic rings. The quantitative estimate of drug-likeness (QED) is 0.866. The molecule has 1 atom stereocenters. The summed E-state index contributed by atoms with van der Waals surface area (Å²) in [6.07, 6.45) is -4.19. The highest BCUT2D eigenvalue weighted by Gasteiger charge is 2.45. The van der Waals surface area contributed by atoms with Gasteiger partial charge in [0.2, 0.25) is 0 Å². The number of thiophene rings is 1. The standard InChI is InChI=1S/C10H13F3N2S/c11-10(12,13)9(8-2-1-7-16-8)15-5-3-14-4-6-15/h1-2,7,9,14H,3-6H2/t9-/m1/s1. The Bertz CT molecular complexity index is 317. The van der Waals surface area contributed by atoms with Crippen LogP contribution < -0.4 is 5.32 Å². The molecule has 1 fully saturated rings. The summed E-state index contributed by atoms with van der Waals surface area (Å²) in [7, 11) is 0. The molecule has 1 aromatic rings. The summed E-state index contributed by atoms with van der Waals surface area (Å²) in [5, 5.41) is 4.75. The number of piperazine rings is 1. The van der Waals surface area contributed by atoms with Gasteiger partial charge < -0.3 is 5.32 Å². The second-order valence-electron chi connectivity index (χ2n) is 3.75. The molecule has 1 aliphatic heterocycles. The molecule has 0 saturated carbocycles. The van der Waals surface area contributed by atoms with Crippen LogP contribution in [0.4, 0.5) is 13.2 Å². The van der Waals surface area contributed by atoms with Gasteiger partial charge in [-0.15, -0.1) is 11.3 Å². The molecule has 1 N–H and O–H groups in total. The van der Waals surface area contributed by atoms with Gasteiger partial charge in [0.1, 0.15) is 6.04 Å². The first kappa shape index (κ1) is 11.9.